The highest BCUT2D eigenvalue weighted by atomic mass is 32.2. The van der Waals surface area contributed by atoms with E-state index in [4.69, 9.17) is 9.84 Å². The minimum Gasteiger partial charge on any atom is -0.480 e. The fraction of sp³-hybridized carbons (Fsp3) is 0.857. The zero-order valence-corrected chi connectivity index (χ0v) is 15.9. The van der Waals surface area contributed by atoms with Gasteiger partial charge in [0.2, 0.25) is 0 Å². The summed E-state index contributed by atoms with van der Waals surface area (Å²) in [5, 5.41) is 11.0. The smallest absolute Gasteiger partial charge is 0.408 e. The molecule has 1 unspecified atom stereocenters. The third kappa shape index (κ3) is 10.4. The zero-order valence-electron chi connectivity index (χ0n) is 14.3. The highest BCUT2D eigenvalue weighted by Crippen LogP contribution is 2.11. The van der Waals surface area contributed by atoms with Crippen LogP contribution in [-0.2, 0) is 19.4 Å². The number of thioether (sulfide) groups is 1. The lowest BCUT2D eigenvalue weighted by Crippen LogP contribution is -2.43. The predicted molar refractivity (Wildman–Crippen MR) is 91.7 cm³/mol. The lowest BCUT2D eigenvalue weighted by Gasteiger charge is -2.21. The molecule has 0 aliphatic heterocycles. The van der Waals surface area contributed by atoms with Crippen molar-refractivity contribution in [3.8, 4) is 0 Å². The Kier molecular flexibility index (Phi) is 8.97. The van der Waals surface area contributed by atoms with Crippen molar-refractivity contribution in [1.82, 2.24) is 5.32 Å². The number of carbonyl (C=O) groups excluding carboxylic acids is 1. The first-order chi connectivity index (χ1) is 10.3. The summed E-state index contributed by atoms with van der Waals surface area (Å²) in [4.78, 5) is 22.7. The molecule has 0 saturated carbocycles. The highest BCUT2D eigenvalue weighted by Gasteiger charge is 2.23. The molecule has 0 fully saturated rings. The molecule has 0 saturated heterocycles. The number of carboxylic acid groups (broad SMARTS) is 1. The van der Waals surface area contributed by atoms with Crippen LogP contribution in [0.15, 0.2) is 0 Å². The first kappa shape index (κ1) is 22.0. The number of alkyl carbamates (subject to hydrolysis) is 1. The maximum atomic E-state index is 11.6. The fourth-order valence-electron chi connectivity index (χ4n) is 1.42. The molecule has 9 heteroatoms. The van der Waals surface area contributed by atoms with Crippen molar-refractivity contribution in [2.24, 2.45) is 0 Å². The van der Waals surface area contributed by atoms with Gasteiger partial charge in [-0.25, -0.2) is 18.0 Å². The van der Waals surface area contributed by atoms with Gasteiger partial charge in [-0.3, -0.25) is 0 Å². The quantitative estimate of drug-likeness (QED) is 0.597. The molecule has 7 nitrogen and oxygen atoms in total. The lowest BCUT2D eigenvalue weighted by molar-refractivity contribution is -0.139. The van der Waals surface area contributed by atoms with Gasteiger partial charge in [-0.15, -0.1) is 0 Å². The van der Waals surface area contributed by atoms with Gasteiger partial charge in [0.05, 0.1) is 11.0 Å². The van der Waals surface area contributed by atoms with Gasteiger partial charge in [0, 0.05) is 5.75 Å². The van der Waals surface area contributed by atoms with Gasteiger partial charge in [-0.05, 0) is 46.8 Å². The van der Waals surface area contributed by atoms with E-state index in [0.29, 0.717) is 11.5 Å². The average Bonchev–Trinajstić information content (AvgIpc) is 2.34. The summed E-state index contributed by atoms with van der Waals surface area (Å²) in [6, 6.07) is -1.06. The van der Waals surface area contributed by atoms with Gasteiger partial charge < -0.3 is 15.2 Å². The first-order valence-electron chi connectivity index (χ1n) is 7.37. The highest BCUT2D eigenvalue weighted by molar-refractivity contribution is 8.00. The van der Waals surface area contributed by atoms with Crippen molar-refractivity contribution in [3.63, 3.8) is 0 Å². The predicted octanol–water partition coefficient (Wildman–Crippen LogP) is 1.91. The van der Waals surface area contributed by atoms with Crippen molar-refractivity contribution in [1.29, 1.82) is 0 Å². The van der Waals surface area contributed by atoms with Crippen molar-refractivity contribution >= 4 is 33.7 Å². The summed E-state index contributed by atoms with van der Waals surface area (Å²) in [5.41, 5.74) is -0.701. The standard InChI is InChI=1S/C14H27NO6S2/c1-10(2)23(19,20)9-8-22-7-6-11(12(16)17)15-13(18)21-14(3,4)5/h10-11H,6-9H2,1-5H3,(H,15,18)(H,16,17). The maximum absolute atomic E-state index is 11.6. The van der Waals surface area contributed by atoms with Gasteiger partial charge in [0.1, 0.15) is 11.6 Å². The maximum Gasteiger partial charge on any atom is 0.408 e. The Hall–Kier alpha value is -0.960. The molecule has 0 aliphatic rings. The Bertz CT molecular complexity index is 496. The third-order valence-corrected chi connectivity index (χ3v) is 6.26. The number of nitrogens with one attached hydrogen (secondary N) is 1. The van der Waals surface area contributed by atoms with E-state index in [1.54, 1.807) is 34.6 Å². The van der Waals surface area contributed by atoms with E-state index in [9.17, 15) is 18.0 Å². The first-order valence-corrected chi connectivity index (χ1v) is 10.2. The number of sulfone groups is 1. The largest absolute Gasteiger partial charge is 0.480 e. The molecule has 0 heterocycles. The molecule has 0 aromatic heterocycles. The van der Waals surface area contributed by atoms with Crippen LogP contribution in [0.25, 0.3) is 0 Å². The summed E-state index contributed by atoms with van der Waals surface area (Å²) < 4.78 is 28.3. The number of amides is 1. The molecule has 1 atom stereocenters. The Morgan fingerprint density at radius 1 is 1.22 bits per heavy atom. The number of carboxylic acids is 1. The number of aliphatic carboxylic acids is 1. The van der Waals surface area contributed by atoms with Gasteiger partial charge in [-0.2, -0.15) is 11.8 Å². The second-order valence-corrected chi connectivity index (χ2v) is 10.3. The Labute approximate surface area is 142 Å². The number of ether oxygens (including phenoxy) is 1. The molecule has 23 heavy (non-hydrogen) atoms. The van der Waals surface area contributed by atoms with E-state index in [1.807, 2.05) is 0 Å². The molecule has 0 rings (SSSR count). The average molecular weight is 370 g/mol. The SMILES string of the molecule is CC(C)S(=O)(=O)CCSCCC(NC(=O)OC(C)(C)C)C(=O)O. The summed E-state index contributed by atoms with van der Waals surface area (Å²) in [7, 11) is -3.08. The molecule has 136 valence electrons. The number of carbonyl (C=O) groups is 2. The number of hydrogen-bond acceptors (Lipinski definition) is 6. The second kappa shape index (κ2) is 9.36. The van der Waals surface area contributed by atoms with Crippen LogP contribution in [0, 0.1) is 0 Å². The van der Waals surface area contributed by atoms with E-state index >= 15 is 0 Å². The Morgan fingerprint density at radius 3 is 2.22 bits per heavy atom. The third-order valence-electron chi connectivity index (χ3n) is 2.77. The molecule has 0 aliphatic carbocycles. The van der Waals surface area contributed by atoms with Crippen LogP contribution in [0.4, 0.5) is 4.79 Å². The van der Waals surface area contributed by atoms with Gasteiger partial charge in [0.25, 0.3) is 0 Å². The van der Waals surface area contributed by atoms with E-state index in [2.05, 4.69) is 5.32 Å². The van der Waals surface area contributed by atoms with E-state index < -0.39 is 38.8 Å². The lowest BCUT2D eigenvalue weighted by atomic mass is 10.2. The van der Waals surface area contributed by atoms with Crippen LogP contribution in [0.5, 0.6) is 0 Å². The van der Waals surface area contributed by atoms with Crippen LogP contribution in [0.1, 0.15) is 41.0 Å². The van der Waals surface area contributed by atoms with Gasteiger partial charge in [0.15, 0.2) is 9.84 Å². The molecule has 0 radical (unpaired) electrons. The topological polar surface area (TPSA) is 110 Å². The summed E-state index contributed by atoms with van der Waals surface area (Å²) >= 11 is 1.35. The fourth-order valence-corrected chi connectivity index (χ4v) is 3.90. The van der Waals surface area contributed by atoms with Crippen molar-refractivity contribution in [2.75, 3.05) is 17.3 Å². The normalized spacial score (nSPS) is 13.7. The second-order valence-electron chi connectivity index (χ2n) is 6.35. The van der Waals surface area contributed by atoms with Gasteiger partial charge >= 0.3 is 12.1 Å². The minimum atomic E-state index is -3.08. The monoisotopic (exact) mass is 369 g/mol. The minimum absolute atomic E-state index is 0.0621. The molecule has 1 amide bonds. The number of rotatable bonds is 9. The summed E-state index contributed by atoms with van der Waals surface area (Å²) in [5.74, 6) is -0.252. The Balaban J connectivity index is 4.22. The van der Waals surface area contributed by atoms with Crippen molar-refractivity contribution in [3.05, 3.63) is 0 Å². The van der Waals surface area contributed by atoms with Crippen molar-refractivity contribution < 1.29 is 27.9 Å². The molecular formula is C14H27NO6S2. The molecule has 0 aromatic rings. The van der Waals surface area contributed by atoms with E-state index in [-0.39, 0.29) is 12.2 Å². The molecular weight excluding hydrogens is 342 g/mol. The van der Waals surface area contributed by atoms with E-state index in [0.717, 1.165) is 0 Å². The van der Waals surface area contributed by atoms with Crippen molar-refractivity contribution in [2.45, 2.75) is 57.9 Å². The molecule has 0 spiro atoms. The Morgan fingerprint density at radius 2 is 1.78 bits per heavy atom. The molecule has 0 bridgehead atoms. The van der Waals surface area contributed by atoms with Gasteiger partial charge in [-0.1, -0.05) is 0 Å². The van der Waals surface area contributed by atoms with Crippen LogP contribution >= 0.6 is 11.8 Å². The van der Waals surface area contributed by atoms with E-state index in [1.165, 1.54) is 11.8 Å². The summed E-state index contributed by atoms with van der Waals surface area (Å²) in [6.45, 7) is 8.32. The van der Waals surface area contributed by atoms with Crippen LogP contribution in [-0.4, -0.2) is 59.7 Å². The van der Waals surface area contributed by atoms with Crippen LogP contribution in [0.3, 0.4) is 0 Å². The molecule has 0 aromatic carbocycles. The summed E-state index contributed by atoms with van der Waals surface area (Å²) in [6.07, 6.45) is -0.585. The van der Waals surface area contributed by atoms with Crippen LogP contribution in [0.2, 0.25) is 0 Å². The molecule has 2 N–H and O–H groups in total. The van der Waals surface area contributed by atoms with Crippen LogP contribution < -0.4 is 5.32 Å². The zero-order chi connectivity index (χ0) is 18.3. The number of hydrogen-bond donors (Lipinski definition) is 2.